The zero-order chi connectivity index (χ0) is 12.3. The number of benzene rings is 1. The molecule has 0 heterocycles. The lowest BCUT2D eigenvalue weighted by Crippen LogP contribution is -2.33. The molecule has 0 aliphatic heterocycles. The van der Waals surface area contributed by atoms with Gasteiger partial charge in [0.1, 0.15) is 4.20 Å². The van der Waals surface area contributed by atoms with Crippen molar-refractivity contribution < 1.29 is 17.6 Å². The van der Waals surface area contributed by atoms with E-state index >= 15 is 0 Å². The van der Waals surface area contributed by atoms with E-state index in [-0.39, 0.29) is 0 Å². The minimum absolute atomic E-state index is 0.427. The first kappa shape index (κ1) is 13.4. The van der Waals surface area contributed by atoms with Crippen LogP contribution in [0.4, 0.5) is 17.6 Å². The minimum Gasteiger partial charge on any atom is -0.203 e. The van der Waals surface area contributed by atoms with Gasteiger partial charge < -0.3 is 0 Å². The summed E-state index contributed by atoms with van der Waals surface area (Å²) in [5.74, 6) is -4.23. The van der Waals surface area contributed by atoms with Gasteiger partial charge in [-0.15, -0.1) is 0 Å². The van der Waals surface area contributed by atoms with Crippen LogP contribution in [-0.4, -0.2) is 16.5 Å². The Morgan fingerprint density at radius 2 is 1.75 bits per heavy atom. The van der Waals surface area contributed by atoms with Crippen LogP contribution in [0.25, 0.3) is 0 Å². The monoisotopic (exact) mass is 268 g/mol. The van der Waals surface area contributed by atoms with Gasteiger partial charge in [-0.05, 0) is 19.1 Å². The summed E-state index contributed by atoms with van der Waals surface area (Å²) in [6, 6.07) is 6.53. The first-order valence-corrected chi connectivity index (χ1v) is 5.51. The third-order valence-corrected chi connectivity index (χ3v) is 3.27. The summed E-state index contributed by atoms with van der Waals surface area (Å²) >= 11 is 4.80. The van der Waals surface area contributed by atoms with E-state index < -0.39 is 16.5 Å². The molecule has 6 heteroatoms. The fourth-order valence-corrected chi connectivity index (χ4v) is 1.96. The molecule has 0 spiro atoms. The number of hydrogen-bond donors (Lipinski definition) is 0. The summed E-state index contributed by atoms with van der Waals surface area (Å²) in [6.45, 7) is 1.83. The topological polar surface area (TPSA) is 0 Å². The Balaban J connectivity index is 2.75. The van der Waals surface area contributed by atoms with Gasteiger partial charge >= 0.3 is 12.3 Å². The molecule has 0 radical (unpaired) electrons. The van der Waals surface area contributed by atoms with E-state index in [1.165, 1.54) is 0 Å². The van der Waals surface area contributed by atoms with Crippen molar-refractivity contribution in [3.63, 3.8) is 0 Å². The van der Waals surface area contributed by atoms with Crippen LogP contribution in [-0.2, 0) is 0 Å². The largest absolute Gasteiger partial charge is 0.348 e. The highest BCUT2D eigenvalue weighted by molar-refractivity contribution is 8.23. The molecule has 0 amide bonds. The second-order valence-electron chi connectivity index (χ2n) is 3.13. The smallest absolute Gasteiger partial charge is 0.203 e. The second kappa shape index (κ2) is 5.14. The third kappa shape index (κ3) is 3.18. The lowest BCUT2D eigenvalue weighted by atomic mass is 10.2. The molecule has 16 heavy (non-hydrogen) atoms. The number of hydrogen-bond acceptors (Lipinski definition) is 2. The van der Waals surface area contributed by atoms with Crippen molar-refractivity contribution in [2.75, 3.05) is 0 Å². The number of rotatable bonds is 3. The van der Waals surface area contributed by atoms with Crippen LogP contribution < -0.4 is 0 Å². The minimum atomic E-state index is -4.23. The number of aryl methyl sites for hydroxylation is 1. The Hall–Kier alpha value is -0.620. The molecule has 1 rings (SSSR count). The predicted octanol–water partition coefficient (Wildman–Crippen LogP) is 4.31. The van der Waals surface area contributed by atoms with Gasteiger partial charge in [-0.25, -0.2) is 8.78 Å². The average molecular weight is 268 g/mol. The maximum Gasteiger partial charge on any atom is 0.348 e. The van der Waals surface area contributed by atoms with Crippen LogP contribution in [0.15, 0.2) is 29.2 Å². The molecular formula is C10H8F4S2. The number of halogens is 4. The highest BCUT2D eigenvalue weighted by Gasteiger charge is 2.45. The molecule has 0 atom stereocenters. The van der Waals surface area contributed by atoms with E-state index in [1.54, 1.807) is 24.3 Å². The quantitative estimate of drug-likeness (QED) is 0.455. The molecule has 1 aromatic carbocycles. The van der Waals surface area contributed by atoms with Crippen molar-refractivity contribution in [2.45, 2.75) is 24.2 Å². The fraction of sp³-hybridized carbons (Fsp3) is 0.300. The van der Waals surface area contributed by atoms with Crippen molar-refractivity contribution in [3.05, 3.63) is 29.8 Å². The zero-order valence-corrected chi connectivity index (χ0v) is 9.85. The summed E-state index contributed by atoms with van der Waals surface area (Å²) in [6.07, 6.45) is -3.77. The van der Waals surface area contributed by atoms with E-state index in [2.05, 4.69) is 12.2 Å². The molecule has 0 bridgehead atoms. The van der Waals surface area contributed by atoms with E-state index in [0.717, 1.165) is 5.56 Å². The summed E-state index contributed by atoms with van der Waals surface area (Å²) in [7, 11) is 0. The second-order valence-corrected chi connectivity index (χ2v) is 4.88. The summed E-state index contributed by atoms with van der Waals surface area (Å²) < 4.78 is 48.5. The van der Waals surface area contributed by atoms with Crippen LogP contribution in [0.1, 0.15) is 5.56 Å². The van der Waals surface area contributed by atoms with E-state index in [9.17, 15) is 17.6 Å². The summed E-state index contributed by atoms with van der Waals surface area (Å²) in [5.41, 5.74) is 0.955. The molecule has 0 saturated carbocycles. The van der Waals surface area contributed by atoms with Gasteiger partial charge in [-0.2, -0.15) is 8.78 Å². The molecule has 0 aliphatic rings. The highest BCUT2D eigenvalue weighted by atomic mass is 32.2. The predicted molar refractivity (Wildman–Crippen MR) is 60.6 cm³/mol. The first-order valence-electron chi connectivity index (χ1n) is 4.29. The van der Waals surface area contributed by atoms with Crippen molar-refractivity contribution in [1.29, 1.82) is 0 Å². The molecule has 0 aliphatic carbocycles. The number of thiocarbonyl (C=S) groups is 1. The lowest BCUT2D eigenvalue weighted by Gasteiger charge is -2.15. The Morgan fingerprint density at radius 1 is 1.25 bits per heavy atom. The van der Waals surface area contributed by atoms with Crippen LogP contribution in [0.5, 0.6) is 0 Å². The van der Waals surface area contributed by atoms with E-state index in [0.29, 0.717) is 16.7 Å². The first-order chi connectivity index (χ1) is 7.34. The Kier molecular flexibility index (Phi) is 4.32. The molecule has 0 saturated heterocycles. The maximum absolute atomic E-state index is 12.8. The molecule has 0 nitrogen and oxygen atoms in total. The Labute approximate surface area is 100 Å². The van der Waals surface area contributed by atoms with Crippen LogP contribution in [0.2, 0.25) is 0 Å². The fourth-order valence-electron chi connectivity index (χ4n) is 0.870. The van der Waals surface area contributed by atoms with Gasteiger partial charge in [-0.1, -0.05) is 41.7 Å². The molecule has 88 valence electrons. The number of alkyl halides is 4. The molecule has 0 unspecified atom stereocenters. The zero-order valence-electron chi connectivity index (χ0n) is 8.22. The van der Waals surface area contributed by atoms with Crippen molar-refractivity contribution in [1.82, 2.24) is 0 Å². The highest BCUT2D eigenvalue weighted by Crippen LogP contribution is 2.33. The molecule has 1 aromatic rings. The maximum atomic E-state index is 12.8. The normalized spacial score (nSPS) is 11.9. The van der Waals surface area contributed by atoms with E-state index in [4.69, 9.17) is 0 Å². The van der Waals surface area contributed by atoms with Gasteiger partial charge in [0.15, 0.2) is 0 Å². The SMILES string of the molecule is Cc1ccc(SC(=S)C(F)(F)C(F)F)cc1. The van der Waals surface area contributed by atoms with Crippen LogP contribution in [0.3, 0.4) is 0 Å². The summed E-state index contributed by atoms with van der Waals surface area (Å²) in [5, 5.41) is 0. The molecule has 0 N–H and O–H groups in total. The third-order valence-electron chi connectivity index (χ3n) is 1.78. The number of thioether (sulfide) groups is 1. The Bertz CT molecular complexity index is 373. The van der Waals surface area contributed by atoms with Gasteiger partial charge in [0, 0.05) is 4.90 Å². The lowest BCUT2D eigenvalue weighted by molar-refractivity contribution is -0.0710. The van der Waals surface area contributed by atoms with Crippen LogP contribution >= 0.6 is 24.0 Å². The Morgan fingerprint density at radius 3 is 2.19 bits per heavy atom. The molecule has 0 aromatic heterocycles. The average Bonchev–Trinajstić information content (AvgIpc) is 2.21. The van der Waals surface area contributed by atoms with Crippen molar-refractivity contribution in [2.24, 2.45) is 0 Å². The van der Waals surface area contributed by atoms with Gasteiger partial charge in [0.25, 0.3) is 0 Å². The summed E-state index contributed by atoms with van der Waals surface area (Å²) in [4.78, 5) is 0.427. The molecule has 0 fully saturated rings. The van der Waals surface area contributed by atoms with Gasteiger partial charge in [0.05, 0.1) is 0 Å². The van der Waals surface area contributed by atoms with E-state index in [1.807, 2.05) is 6.92 Å². The molecular weight excluding hydrogens is 260 g/mol. The van der Waals surface area contributed by atoms with Gasteiger partial charge in [-0.3, -0.25) is 0 Å². The van der Waals surface area contributed by atoms with Crippen molar-refractivity contribution >= 4 is 28.2 Å². The van der Waals surface area contributed by atoms with Crippen molar-refractivity contribution in [3.8, 4) is 0 Å². The van der Waals surface area contributed by atoms with Crippen LogP contribution in [0, 0.1) is 6.92 Å². The van der Waals surface area contributed by atoms with Gasteiger partial charge in [0.2, 0.25) is 0 Å². The standard InChI is InChI=1S/C10H8F4S2/c1-6-2-4-7(5-3-6)16-9(15)10(13,14)8(11)12/h2-5,8H,1H3.